The van der Waals surface area contributed by atoms with Crippen molar-refractivity contribution in [3.63, 3.8) is 0 Å². The van der Waals surface area contributed by atoms with Gasteiger partial charge in [-0.15, -0.1) is 41.0 Å². The van der Waals surface area contributed by atoms with Crippen LogP contribution in [0.5, 0.6) is 0 Å². The van der Waals surface area contributed by atoms with Gasteiger partial charge in [0.05, 0.1) is 22.8 Å². The quantitative estimate of drug-likeness (QED) is 0.0942. The van der Waals surface area contributed by atoms with Crippen molar-refractivity contribution in [3.05, 3.63) is 152 Å². The smallest absolute Gasteiger partial charge is 0.330 e. The molecule has 0 N–H and O–H groups in total. The minimum atomic E-state index is -0.581. The number of pyridine rings is 5. The summed E-state index contributed by atoms with van der Waals surface area (Å²) in [6.07, 6.45) is 10.3. The maximum Gasteiger partial charge on any atom is 1.00 e. The number of hydroxylamine groups is 2. The topological polar surface area (TPSA) is 128 Å². The SMILES string of the molecule is O=C(CCCc1ccnc(-c2ccccn2)c1)ON1C(=O)CCC1=O.[Ru+].[c-]1ccccc1-c1ccccn1.c1ccc(-c2ccccn2)nc1. The molecule has 0 unspecified atom stereocenters. The van der Waals surface area contributed by atoms with Crippen molar-refractivity contribution in [3.8, 4) is 34.0 Å². The van der Waals surface area contributed by atoms with Crippen LogP contribution in [0.15, 0.2) is 140 Å². The van der Waals surface area contributed by atoms with Crippen LogP contribution < -0.4 is 0 Å². The molecule has 0 spiro atoms. The average Bonchev–Trinajstić information content (AvgIpc) is 3.49. The first-order chi connectivity index (χ1) is 24.1. The van der Waals surface area contributed by atoms with Crippen molar-refractivity contribution >= 4 is 17.8 Å². The zero-order valence-electron chi connectivity index (χ0n) is 27.0. The number of carbonyl (C=O) groups excluding carboxylic acids is 3. The number of carbonyl (C=O) groups is 3. The van der Waals surface area contributed by atoms with Gasteiger partial charge in [-0.2, -0.15) is 0 Å². The number of aromatic nitrogens is 5. The van der Waals surface area contributed by atoms with Crippen molar-refractivity contribution in [2.24, 2.45) is 0 Å². The van der Waals surface area contributed by atoms with Crippen LogP contribution >= 0.6 is 0 Å². The third-order valence-electron chi connectivity index (χ3n) is 7.04. The van der Waals surface area contributed by atoms with E-state index in [0.717, 1.165) is 39.6 Å². The first-order valence-electron chi connectivity index (χ1n) is 15.7. The molecule has 10 nitrogen and oxygen atoms in total. The van der Waals surface area contributed by atoms with Crippen molar-refractivity contribution in [1.82, 2.24) is 30.0 Å². The van der Waals surface area contributed by atoms with Crippen molar-refractivity contribution in [1.29, 1.82) is 0 Å². The molecule has 11 heteroatoms. The minimum absolute atomic E-state index is 0. The Balaban J connectivity index is 0.000000187. The van der Waals surface area contributed by atoms with Gasteiger partial charge >= 0.3 is 25.4 Å². The van der Waals surface area contributed by atoms with Gasteiger partial charge in [0.2, 0.25) is 0 Å². The van der Waals surface area contributed by atoms with Crippen LogP contribution in [-0.4, -0.2) is 47.8 Å². The number of hydrogen-bond donors (Lipinski definition) is 0. The maximum absolute atomic E-state index is 11.8. The number of aryl methyl sites for hydroxylation is 1. The summed E-state index contributed by atoms with van der Waals surface area (Å²) in [7, 11) is 0. The Bertz CT molecular complexity index is 1750. The predicted molar refractivity (Wildman–Crippen MR) is 184 cm³/mol. The molecule has 50 heavy (non-hydrogen) atoms. The molecule has 0 saturated carbocycles. The normalized spacial score (nSPS) is 11.6. The summed E-state index contributed by atoms with van der Waals surface area (Å²) in [5.74, 6) is -1.51. The van der Waals surface area contributed by atoms with Gasteiger partial charge in [-0.05, 0) is 78.7 Å². The molecule has 5 aromatic heterocycles. The summed E-state index contributed by atoms with van der Waals surface area (Å²) in [6.45, 7) is 0. The zero-order valence-corrected chi connectivity index (χ0v) is 28.7. The second-order valence-corrected chi connectivity index (χ2v) is 10.6. The van der Waals surface area contributed by atoms with E-state index in [1.54, 1.807) is 31.0 Å². The molecule has 1 radical (unpaired) electrons. The van der Waals surface area contributed by atoms with Crippen LogP contribution in [0.4, 0.5) is 0 Å². The van der Waals surface area contributed by atoms with Gasteiger partial charge in [-0.25, -0.2) is 4.79 Å². The predicted octanol–water partition coefficient (Wildman–Crippen LogP) is 6.76. The van der Waals surface area contributed by atoms with Crippen LogP contribution in [-0.2, 0) is 45.1 Å². The third-order valence-corrected chi connectivity index (χ3v) is 7.04. The molecule has 1 saturated heterocycles. The molecule has 0 bridgehead atoms. The van der Waals surface area contributed by atoms with E-state index >= 15 is 0 Å². The van der Waals surface area contributed by atoms with Gasteiger partial charge in [-0.3, -0.25) is 29.5 Å². The van der Waals surface area contributed by atoms with E-state index in [-0.39, 0.29) is 38.7 Å². The van der Waals surface area contributed by atoms with Gasteiger partial charge < -0.3 is 9.82 Å². The molecule has 6 aromatic rings. The maximum atomic E-state index is 11.8. The van der Waals surface area contributed by atoms with Crippen molar-refractivity contribution in [2.45, 2.75) is 32.1 Å². The second kappa shape index (κ2) is 19.9. The molecule has 0 aliphatic carbocycles. The zero-order chi connectivity index (χ0) is 34.1. The fourth-order valence-corrected chi connectivity index (χ4v) is 4.63. The third kappa shape index (κ3) is 11.4. The summed E-state index contributed by atoms with van der Waals surface area (Å²) in [5.41, 5.74) is 6.42. The summed E-state index contributed by atoms with van der Waals surface area (Å²) >= 11 is 0. The summed E-state index contributed by atoms with van der Waals surface area (Å²) in [4.78, 5) is 60.6. The van der Waals surface area contributed by atoms with Gasteiger partial charge in [0.15, 0.2) is 0 Å². The Morgan fingerprint density at radius 1 is 0.620 bits per heavy atom. The van der Waals surface area contributed by atoms with Crippen LogP contribution in [0, 0.1) is 6.07 Å². The van der Waals surface area contributed by atoms with E-state index < -0.39 is 17.8 Å². The summed E-state index contributed by atoms with van der Waals surface area (Å²) in [6, 6.07) is 37.8. The van der Waals surface area contributed by atoms with E-state index in [9.17, 15) is 14.4 Å². The van der Waals surface area contributed by atoms with Crippen LogP contribution in [0.1, 0.15) is 31.2 Å². The second-order valence-electron chi connectivity index (χ2n) is 10.6. The minimum Gasteiger partial charge on any atom is -0.330 e. The molecule has 2 amide bonds. The molecule has 1 aliphatic rings. The molecular weight excluding hydrogens is 718 g/mol. The molecule has 1 aromatic carbocycles. The largest absolute Gasteiger partial charge is 1.00 e. The summed E-state index contributed by atoms with van der Waals surface area (Å²) in [5, 5.41) is 0.577. The Kier molecular flexibility index (Phi) is 14.7. The standard InChI is InChI=1S/C18H17N3O4.C11H8N.C10H8N2.Ru/c22-16-7-8-17(23)21(16)25-18(24)6-3-4-13-9-11-20-15(12-13)14-5-1-2-10-19-14;1-2-6-10(7-3-1)11-8-4-5-9-12-11;1-3-7-11-9(5-1)10-6-2-4-8-12-10;/h1-2,5,9-12H,3-4,6-8H2;1-6,8-9H;1-8H;/q;-1;;+1. The van der Waals surface area contributed by atoms with Gasteiger partial charge in [0.25, 0.3) is 11.8 Å². The number of imide groups is 1. The Morgan fingerprint density at radius 3 is 1.62 bits per heavy atom. The molecule has 7 rings (SSSR count). The fraction of sp³-hybridized carbons (Fsp3) is 0.128. The molecule has 0 atom stereocenters. The van der Waals surface area contributed by atoms with Crippen molar-refractivity contribution < 1.29 is 38.7 Å². The first-order valence-corrected chi connectivity index (χ1v) is 15.7. The Morgan fingerprint density at radius 2 is 1.12 bits per heavy atom. The molecule has 251 valence electrons. The van der Waals surface area contributed by atoms with Gasteiger partial charge in [0.1, 0.15) is 0 Å². The van der Waals surface area contributed by atoms with E-state index in [1.165, 1.54) is 0 Å². The molecule has 1 aliphatic heterocycles. The Hall–Kier alpha value is -5.80. The number of amides is 2. The number of hydrogen-bond acceptors (Lipinski definition) is 9. The van der Waals surface area contributed by atoms with E-state index in [1.807, 2.05) is 109 Å². The van der Waals surface area contributed by atoms with Crippen LogP contribution in [0.3, 0.4) is 0 Å². The van der Waals surface area contributed by atoms with Crippen LogP contribution in [0.25, 0.3) is 34.0 Å². The monoisotopic (exact) mass is 751 g/mol. The van der Waals surface area contributed by atoms with Crippen molar-refractivity contribution in [2.75, 3.05) is 0 Å². The Labute approximate surface area is 303 Å². The van der Waals surface area contributed by atoms with E-state index in [4.69, 9.17) is 4.84 Å². The van der Waals surface area contributed by atoms with Crippen LogP contribution in [0.2, 0.25) is 0 Å². The average molecular weight is 751 g/mol. The molecule has 6 heterocycles. The molecule has 1 fully saturated rings. The fourth-order valence-electron chi connectivity index (χ4n) is 4.63. The number of benzene rings is 1. The van der Waals surface area contributed by atoms with Gasteiger partial charge in [0, 0.05) is 50.2 Å². The summed E-state index contributed by atoms with van der Waals surface area (Å²) < 4.78 is 0. The van der Waals surface area contributed by atoms with Gasteiger partial charge in [-0.1, -0.05) is 30.3 Å². The number of nitrogens with zero attached hydrogens (tertiary/aromatic N) is 6. The number of rotatable bonds is 8. The first kappa shape index (κ1) is 37.0. The molecular formula is C39H33N6O4Ru. The van der Waals surface area contributed by atoms with E-state index in [0.29, 0.717) is 17.9 Å². The van der Waals surface area contributed by atoms with E-state index in [2.05, 4.69) is 31.0 Å².